The van der Waals surface area contributed by atoms with E-state index < -0.39 is 0 Å². The maximum atomic E-state index is 4.57. The first-order chi connectivity index (χ1) is 10.8. The number of hydrogen-bond donors (Lipinski definition) is 1. The number of aromatic nitrogens is 3. The summed E-state index contributed by atoms with van der Waals surface area (Å²) in [6.45, 7) is 5.10. The third-order valence-electron chi connectivity index (χ3n) is 3.55. The van der Waals surface area contributed by atoms with Gasteiger partial charge in [0.25, 0.3) is 0 Å². The summed E-state index contributed by atoms with van der Waals surface area (Å²) in [7, 11) is 0. The fourth-order valence-electron chi connectivity index (χ4n) is 2.41. The normalized spacial score (nSPS) is 11.0. The van der Waals surface area contributed by atoms with Crippen molar-refractivity contribution in [2.75, 3.05) is 11.9 Å². The van der Waals surface area contributed by atoms with Gasteiger partial charge in [-0.1, -0.05) is 25.8 Å². The molecule has 2 heterocycles. The fourth-order valence-corrected chi connectivity index (χ4v) is 3.13. The highest BCUT2D eigenvalue weighted by Crippen LogP contribution is 2.26. The van der Waals surface area contributed by atoms with E-state index in [2.05, 4.69) is 39.3 Å². The SMILES string of the molecule is CCCCCNc1cc(-c2ccc3ncsc3c2)nc(C)n1. The van der Waals surface area contributed by atoms with Gasteiger partial charge in [0, 0.05) is 18.2 Å². The Balaban J connectivity index is 1.84. The van der Waals surface area contributed by atoms with Crippen LogP contribution in [0.3, 0.4) is 0 Å². The fraction of sp³-hybridized carbons (Fsp3) is 0.353. The molecular formula is C17H20N4S. The minimum atomic E-state index is 0.792. The summed E-state index contributed by atoms with van der Waals surface area (Å²) >= 11 is 1.65. The van der Waals surface area contributed by atoms with E-state index in [1.54, 1.807) is 11.3 Å². The van der Waals surface area contributed by atoms with Gasteiger partial charge in [0.1, 0.15) is 11.6 Å². The quantitative estimate of drug-likeness (QED) is 0.672. The number of rotatable bonds is 6. The van der Waals surface area contributed by atoms with E-state index in [1.807, 2.05) is 24.6 Å². The first-order valence-corrected chi connectivity index (χ1v) is 8.57. The van der Waals surface area contributed by atoms with Gasteiger partial charge in [0.05, 0.1) is 21.4 Å². The van der Waals surface area contributed by atoms with E-state index in [-0.39, 0.29) is 0 Å². The van der Waals surface area contributed by atoms with Crippen LogP contribution >= 0.6 is 11.3 Å². The van der Waals surface area contributed by atoms with Crippen LogP contribution in [0.15, 0.2) is 29.8 Å². The van der Waals surface area contributed by atoms with Crippen molar-refractivity contribution in [2.24, 2.45) is 0 Å². The van der Waals surface area contributed by atoms with Crippen molar-refractivity contribution in [2.45, 2.75) is 33.1 Å². The molecule has 22 heavy (non-hydrogen) atoms. The number of nitrogens with one attached hydrogen (secondary N) is 1. The Morgan fingerprint density at radius 1 is 1.14 bits per heavy atom. The Labute approximate surface area is 134 Å². The average Bonchev–Trinajstić information content (AvgIpc) is 2.98. The lowest BCUT2D eigenvalue weighted by Crippen LogP contribution is -2.05. The van der Waals surface area contributed by atoms with Crippen molar-refractivity contribution < 1.29 is 0 Å². The molecule has 0 saturated carbocycles. The van der Waals surface area contributed by atoms with Crippen molar-refractivity contribution in [1.82, 2.24) is 15.0 Å². The van der Waals surface area contributed by atoms with E-state index in [4.69, 9.17) is 0 Å². The van der Waals surface area contributed by atoms with Crippen LogP contribution in [0.4, 0.5) is 5.82 Å². The van der Waals surface area contributed by atoms with Gasteiger partial charge < -0.3 is 5.32 Å². The summed E-state index contributed by atoms with van der Waals surface area (Å²) in [5.74, 6) is 1.70. The number of nitrogens with zero attached hydrogens (tertiary/aromatic N) is 3. The Morgan fingerprint density at radius 2 is 2.05 bits per heavy atom. The van der Waals surface area contributed by atoms with Gasteiger partial charge in [-0.05, 0) is 25.5 Å². The monoisotopic (exact) mass is 312 g/mol. The molecule has 114 valence electrons. The van der Waals surface area contributed by atoms with E-state index in [1.165, 1.54) is 24.0 Å². The van der Waals surface area contributed by atoms with Crippen LogP contribution in [0.25, 0.3) is 21.5 Å². The minimum Gasteiger partial charge on any atom is -0.370 e. The van der Waals surface area contributed by atoms with Crippen LogP contribution in [0.2, 0.25) is 0 Å². The number of anilines is 1. The molecule has 0 unspecified atom stereocenters. The highest BCUT2D eigenvalue weighted by molar-refractivity contribution is 7.16. The predicted octanol–water partition coefficient (Wildman–Crippen LogP) is 4.66. The van der Waals surface area contributed by atoms with Gasteiger partial charge in [-0.15, -0.1) is 11.3 Å². The first-order valence-electron chi connectivity index (χ1n) is 7.69. The molecule has 5 heteroatoms. The third kappa shape index (κ3) is 3.42. The number of hydrogen-bond acceptors (Lipinski definition) is 5. The smallest absolute Gasteiger partial charge is 0.130 e. The van der Waals surface area contributed by atoms with Gasteiger partial charge in [0.15, 0.2) is 0 Å². The summed E-state index contributed by atoms with van der Waals surface area (Å²) in [6, 6.07) is 8.30. The zero-order valence-electron chi connectivity index (χ0n) is 13.0. The highest BCUT2D eigenvalue weighted by Gasteiger charge is 2.06. The Kier molecular flexibility index (Phi) is 4.63. The molecule has 1 N–H and O–H groups in total. The zero-order chi connectivity index (χ0) is 15.4. The molecule has 2 aromatic heterocycles. The molecule has 3 aromatic rings. The lowest BCUT2D eigenvalue weighted by molar-refractivity contribution is 0.742. The van der Waals surface area contributed by atoms with Crippen LogP contribution in [-0.4, -0.2) is 21.5 Å². The largest absolute Gasteiger partial charge is 0.370 e. The van der Waals surface area contributed by atoms with Gasteiger partial charge in [-0.2, -0.15) is 0 Å². The molecule has 0 aliphatic carbocycles. The van der Waals surface area contributed by atoms with E-state index in [0.29, 0.717) is 0 Å². The van der Waals surface area contributed by atoms with Crippen LogP contribution in [0.1, 0.15) is 32.0 Å². The van der Waals surface area contributed by atoms with Crippen LogP contribution in [0, 0.1) is 6.92 Å². The second-order valence-electron chi connectivity index (χ2n) is 5.35. The molecule has 0 fully saturated rings. The number of aryl methyl sites for hydroxylation is 1. The lowest BCUT2D eigenvalue weighted by atomic mass is 10.1. The molecule has 0 aliphatic rings. The number of benzene rings is 1. The van der Waals surface area contributed by atoms with Gasteiger partial charge >= 0.3 is 0 Å². The van der Waals surface area contributed by atoms with Gasteiger partial charge in [0.2, 0.25) is 0 Å². The minimum absolute atomic E-state index is 0.792. The average molecular weight is 312 g/mol. The van der Waals surface area contributed by atoms with Gasteiger partial charge in [-0.3, -0.25) is 0 Å². The van der Waals surface area contributed by atoms with Gasteiger partial charge in [-0.25, -0.2) is 15.0 Å². The molecule has 4 nitrogen and oxygen atoms in total. The zero-order valence-corrected chi connectivity index (χ0v) is 13.8. The Bertz CT molecular complexity index is 766. The first kappa shape index (κ1) is 14.9. The highest BCUT2D eigenvalue weighted by atomic mass is 32.1. The summed E-state index contributed by atoms with van der Waals surface area (Å²) in [6.07, 6.45) is 3.64. The van der Waals surface area contributed by atoms with Crippen molar-refractivity contribution >= 4 is 27.4 Å². The van der Waals surface area contributed by atoms with Crippen molar-refractivity contribution in [3.05, 3.63) is 35.6 Å². The van der Waals surface area contributed by atoms with E-state index in [9.17, 15) is 0 Å². The summed E-state index contributed by atoms with van der Waals surface area (Å²) in [5, 5.41) is 3.40. The molecule has 1 aromatic carbocycles. The maximum absolute atomic E-state index is 4.57. The second kappa shape index (κ2) is 6.83. The molecule has 0 atom stereocenters. The van der Waals surface area contributed by atoms with Crippen LogP contribution in [-0.2, 0) is 0 Å². The molecule has 0 radical (unpaired) electrons. The number of unbranched alkanes of at least 4 members (excludes halogenated alkanes) is 2. The van der Waals surface area contributed by atoms with Crippen molar-refractivity contribution in [3.63, 3.8) is 0 Å². The van der Waals surface area contributed by atoms with Crippen LogP contribution in [0.5, 0.6) is 0 Å². The maximum Gasteiger partial charge on any atom is 0.130 e. The summed E-state index contributed by atoms with van der Waals surface area (Å²) in [5.41, 5.74) is 4.98. The molecule has 3 rings (SSSR count). The second-order valence-corrected chi connectivity index (χ2v) is 6.24. The van der Waals surface area contributed by atoms with Crippen LogP contribution < -0.4 is 5.32 Å². The lowest BCUT2D eigenvalue weighted by Gasteiger charge is -2.08. The standard InChI is InChI=1S/C17H20N4S/c1-3-4-5-8-18-17-10-15(20-12(2)21-17)13-6-7-14-16(9-13)22-11-19-14/h6-7,9-11H,3-5,8H2,1-2H3,(H,18,20,21). The Morgan fingerprint density at radius 3 is 2.91 bits per heavy atom. The summed E-state index contributed by atoms with van der Waals surface area (Å²) < 4.78 is 1.19. The van der Waals surface area contributed by atoms with E-state index in [0.717, 1.165) is 35.0 Å². The Hall–Kier alpha value is -2.01. The number of fused-ring (bicyclic) bond motifs is 1. The van der Waals surface area contributed by atoms with E-state index >= 15 is 0 Å². The molecule has 0 aliphatic heterocycles. The predicted molar refractivity (Wildman–Crippen MR) is 93.4 cm³/mol. The molecule has 0 spiro atoms. The molecule has 0 amide bonds. The third-order valence-corrected chi connectivity index (χ3v) is 4.34. The number of thiazole rings is 1. The van der Waals surface area contributed by atoms with Crippen molar-refractivity contribution in [1.29, 1.82) is 0 Å². The van der Waals surface area contributed by atoms with Crippen molar-refractivity contribution in [3.8, 4) is 11.3 Å². The summed E-state index contributed by atoms with van der Waals surface area (Å²) in [4.78, 5) is 13.4. The topological polar surface area (TPSA) is 50.7 Å². The molecular weight excluding hydrogens is 292 g/mol. The molecule has 0 bridgehead atoms. The molecule has 0 saturated heterocycles.